The maximum absolute atomic E-state index is 2.46. The molecule has 0 atom stereocenters. The van der Waals surface area contributed by atoms with Gasteiger partial charge in [0.25, 0.3) is 0 Å². The molecule has 6 aromatic rings. The van der Waals surface area contributed by atoms with Gasteiger partial charge in [-0.25, -0.2) is 0 Å². The fourth-order valence-electron chi connectivity index (χ4n) is 5.73. The molecule has 0 saturated carbocycles. The second-order valence-electron chi connectivity index (χ2n) is 8.87. The van der Waals surface area contributed by atoms with Crippen molar-refractivity contribution in [3.63, 3.8) is 0 Å². The van der Waals surface area contributed by atoms with E-state index >= 15 is 0 Å². The topological polar surface area (TPSA) is 0 Å². The summed E-state index contributed by atoms with van der Waals surface area (Å²) in [6.45, 7) is 0. The van der Waals surface area contributed by atoms with Crippen molar-refractivity contribution in [1.82, 2.24) is 0 Å². The van der Waals surface area contributed by atoms with E-state index in [4.69, 9.17) is 0 Å². The van der Waals surface area contributed by atoms with Gasteiger partial charge in [-0.3, -0.25) is 0 Å². The largest absolute Gasteiger partial charge is 2.00 e. The van der Waals surface area contributed by atoms with Crippen molar-refractivity contribution in [2.75, 3.05) is 0 Å². The van der Waals surface area contributed by atoms with Crippen LogP contribution in [0.1, 0.15) is 22.3 Å². The van der Waals surface area contributed by atoms with Crippen LogP contribution in [0, 0.1) is 0 Å². The zero-order valence-corrected chi connectivity index (χ0v) is 19.9. The maximum atomic E-state index is 2.46. The molecule has 31 heavy (non-hydrogen) atoms. The zero-order chi connectivity index (χ0) is 19.7. The molecule has 6 aromatic carbocycles. The van der Waals surface area contributed by atoms with Crippen molar-refractivity contribution in [3.8, 4) is 0 Å². The van der Waals surface area contributed by atoms with Crippen LogP contribution in [0.4, 0.5) is 0 Å². The van der Waals surface area contributed by atoms with Gasteiger partial charge < -0.3 is 0 Å². The van der Waals surface area contributed by atoms with Crippen molar-refractivity contribution in [3.05, 3.63) is 107 Å². The van der Waals surface area contributed by atoms with Crippen LogP contribution in [0.15, 0.2) is 84.9 Å². The first-order chi connectivity index (χ1) is 14.8. The van der Waals surface area contributed by atoms with E-state index in [1.165, 1.54) is 43.1 Å². The average Bonchev–Trinajstić information content (AvgIpc) is 3.27. The Kier molecular flexibility index (Phi) is 4.51. The first-order valence-electron chi connectivity index (χ1n) is 11.0. The molecule has 0 unspecified atom stereocenters. The molecule has 0 fully saturated rings. The number of fused-ring (bicyclic) bond motifs is 8. The predicted molar refractivity (Wildman–Crippen MR) is 129 cm³/mol. The molecule has 0 spiro atoms. The summed E-state index contributed by atoms with van der Waals surface area (Å²) in [7, 11) is 0. The minimum absolute atomic E-state index is 0. The number of hydrogen-bond donors (Lipinski definition) is 0. The summed E-state index contributed by atoms with van der Waals surface area (Å²) in [5.41, 5.74) is 6.27. The molecular formula is C30H22Zr. The molecule has 0 aromatic heterocycles. The molecule has 0 heterocycles. The Labute approximate surface area is 201 Å². The first-order valence-corrected chi connectivity index (χ1v) is 11.0. The summed E-state index contributed by atoms with van der Waals surface area (Å²) in [6.07, 6.45) is 4.55. The minimum Gasteiger partial charge on any atom is -0.165 e. The molecule has 0 aliphatic heterocycles. The second kappa shape index (κ2) is 7.28. The van der Waals surface area contributed by atoms with E-state index in [9.17, 15) is 0 Å². The van der Waals surface area contributed by atoms with Gasteiger partial charge in [-0.1, -0.05) is 84.3 Å². The minimum atomic E-state index is 0. The van der Waals surface area contributed by atoms with Crippen molar-refractivity contribution in [2.24, 2.45) is 0 Å². The molecule has 0 bridgehead atoms. The van der Waals surface area contributed by atoms with E-state index in [-0.39, 0.29) is 26.2 Å². The summed E-state index contributed by atoms with van der Waals surface area (Å²) in [4.78, 5) is 0. The van der Waals surface area contributed by atoms with Crippen LogP contribution >= 0.6 is 0 Å². The van der Waals surface area contributed by atoms with Gasteiger partial charge in [0, 0.05) is 0 Å². The van der Waals surface area contributed by atoms with Gasteiger partial charge in [-0.05, 0) is 23.6 Å². The standard InChI is InChI=1S/C30H22.Zr/c1-3-7-21-17-29-25(13-19(21)5-1)15-23-9-10-24-16-26-14-20-6-2-4-8-22(20)18-30(26)28(24)12-11-27(23)29;/h1-8,13-18H,9-12H2;/q-2;+2. The fourth-order valence-corrected chi connectivity index (χ4v) is 5.73. The normalized spacial score (nSPS) is 13.7. The van der Waals surface area contributed by atoms with Crippen molar-refractivity contribution in [2.45, 2.75) is 25.7 Å². The quantitative estimate of drug-likeness (QED) is 0.199. The third-order valence-corrected chi connectivity index (χ3v) is 7.21. The Hall–Kier alpha value is -2.50. The van der Waals surface area contributed by atoms with Crippen LogP contribution in [0.25, 0.3) is 43.1 Å². The van der Waals surface area contributed by atoms with E-state index in [0.717, 1.165) is 25.7 Å². The summed E-state index contributed by atoms with van der Waals surface area (Å²) in [5, 5.41) is 11.2. The molecule has 0 amide bonds. The predicted octanol–water partition coefficient (Wildman–Crippen LogP) is 7.62. The van der Waals surface area contributed by atoms with Crippen LogP contribution in [-0.2, 0) is 51.9 Å². The molecule has 0 radical (unpaired) electrons. The number of rotatable bonds is 0. The second-order valence-corrected chi connectivity index (χ2v) is 8.87. The molecule has 0 saturated heterocycles. The van der Waals surface area contributed by atoms with Gasteiger partial charge in [-0.15, -0.1) is 55.9 Å². The Morgan fingerprint density at radius 1 is 0.452 bits per heavy atom. The molecule has 1 aliphatic carbocycles. The Morgan fingerprint density at radius 2 is 0.839 bits per heavy atom. The fraction of sp³-hybridized carbons (Fsp3) is 0.133. The number of benzene rings is 4. The van der Waals surface area contributed by atoms with Gasteiger partial charge in [0.1, 0.15) is 0 Å². The molecular weight excluding hydrogens is 452 g/mol. The number of aryl methyl sites for hydroxylation is 4. The summed E-state index contributed by atoms with van der Waals surface area (Å²) in [5.74, 6) is 0. The Morgan fingerprint density at radius 3 is 1.26 bits per heavy atom. The van der Waals surface area contributed by atoms with Gasteiger partial charge in [0.15, 0.2) is 0 Å². The van der Waals surface area contributed by atoms with Crippen LogP contribution in [-0.4, -0.2) is 0 Å². The molecule has 1 heteroatoms. The molecule has 146 valence electrons. The van der Waals surface area contributed by atoms with Gasteiger partial charge in [0.2, 0.25) is 0 Å². The molecule has 1 aliphatic rings. The van der Waals surface area contributed by atoms with E-state index in [2.05, 4.69) is 84.9 Å². The van der Waals surface area contributed by atoms with Crippen LogP contribution < -0.4 is 0 Å². The number of hydrogen-bond acceptors (Lipinski definition) is 0. The van der Waals surface area contributed by atoms with E-state index < -0.39 is 0 Å². The van der Waals surface area contributed by atoms with Crippen molar-refractivity contribution >= 4 is 43.1 Å². The summed E-state index contributed by atoms with van der Waals surface area (Å²) >= 11 is 0. The van der Waals surface area contributed by atoms with Crippen LogP contribution in [0.5, 0.6) is 0 Å². The molecule has 7 rings (SSSR count). The van der Waals surface area contributed by atoms with Crippen LogP contribution in [0.3, 0.4) is 0 Å². The summed E-state index contributed by atoms with van der Waals surface area (Å²) < 4.78 is 0. The van der Waals surface area contributed by atoms with Crippen LogP contribution in [0.2, 0.25) is 0 Å². The van der Waals surface area contributed by atoms with Gasteiger partial charge in [0.05, 0.1) is 0 Å². The Bertz CT molecular complexity index is 1470. The molecule has 0 nitrogen and oxygen atoms in total. The smallest absolute Gasteiger partial charge is 0.165 e. The monoisotopic (exact) mass is 472 g/mol. The maximum Gasteiger partial charge on any atom is 2.00 e. The SMILES string of the molecule is [Zr+2].c1ccc2cc3c(cc4[c-]3CC[c-]3c(cc5cc6ccccc6cc53)CC4)cc2c1. The average molecular weight is 474 g/mol. The van der Waals surface area contributed by atoms with Crippen molar-refractivity contribution < 1.29 is 26.2 Å². The van der Waals surface area contributed by atoms with Crippen molar-refractivity contribution in [1.29, 1.82) is 0 Å². The van der Waals surface area contributed by atoms with E-state index in [0.29, 0.717) is 0 Å². The third-order valence-electron chi connectivity index (χ3n) is 7.21. The first kappa shape index (κ1) is 19.2. The zero-order valence-electron chi connectivity index (χ0n) is 17.4. The third kappa shape index (κ3) is 2.98. The van der Waals surface area contributed by atoms with Gasteiger partial charge >= 0.3 is 26.2 Å². The summed E-state index contributed by atoms with van der Waals surface area (Å²) in [6, 6.07) is 32.0. The Balaban J connectivity index is 0.00000185. The van der Waals surface area contributed by atoms with E-state index in [1.54, 1.807) is 22.3 Å². The van der Waals surface area contributed by atoms with Gasteiger partial charge in [-0.2, -0.15) is 12.1 Å². The molecule has 0 N–H and O–H groups in total. The van der Waals surface area contributed by atoms with E-state index in [1.807, 2.05) is 0 Å².